The van der Waals surface area contributed by atoms with Crippen LogP contribution >= 0.6 is 0 Å². The SMILES string of the molecule is CN(Cc1cnc2ccccn12)C(=O)c1cccc(-c2ccc(O)cc2)c1. The summed E-state index contributed by atoms with van der Waals surface area (Å²) in [6.45, 7) is 0.466. The molecule has 2 aromatic carbocycles. The largest absolute Gasteiger partial charge is 0.508 e. The van der Waals surface area contributed by atoms with Gasteiger partial charge in [-0.1, -0.05) is 30.3 Å². The lowest BCUT2D eigenvalue weighted by Gasteiger charge is -2.17. The van der Waals surface area contributed by atoms with Crippen LogP contribution < -0.4 is 0 Å². The van der Waals surface area contributed by atoms with Crippen LogP contribution in [0.5, 0.6) is 5.75 Å². The van der Waals surface area contributed by atoms with E-state index in [0.29, 0.717) is 12.1 Å². The maximum absolute atomic E-state index is 12.9. The van der Waals surface area contributed by atoms with E-state index in [9.17, 15) is 9.90 Å². The molecule has 0 saturated heterocycles. The average Bonchev–Trinajstić information content (AvgIpc) is 3.11. The number of aromatic nitrogens is 2. The van der Waals surface area contributed by atoms with Crippen LogP contribution in [0.4, 0.5) is 0 Å². The van der Waals surface area contributed by atoms with Gasteiger partial charge in [0.15, 0.2) is 0 Å². The number of phenols is 1. The fourth-order valence-electron chi connectivity index (χ4n) is 3.12. The topological polar surface area (TPSA) is 57.8 Å². The molecule has 0 fully saturated rings. The smallest absolute Gasteiger partial charge is 0.253 e. The summed E-state index contributed by atoms with van der Waals surface area (Å²) in [5, 5.41) is 9.45. The van der Waals surface area contributed by atoms with Gasteiger partial charge >= 0.3 is 0 Å². The molecule has 1 N–H and O–H groups in total. The van der Waals surface area contributed by atoms with E-state index < -0.39 is 0 Å². The first kappa shape index (κ1) is 16.8. The van der Waals surface area contributed by atoms with Crippen molar-refractivity contribution in [2.45, 2.75) is 6.54 Å². The van der Waals surface area contributed by atoms with Gasteiger partial charge in [-0.2, -0.15) is 0 Å². The molecule has 1 amide bonds. The van der Waals surface area contributed by atoms with Crippen molar-refractivity contribution in [3.8, 4) is 16.9 Å². The second-order valence-corrected chi connectivity index (χ2v) is 6.47. The Labute approximate surface area is 157 Å². The van der Waals surface area contributed by atoms with Crippen LogP contribution in [0, 0.1) is 0 Å². The number of fused-ring (bicyclic) bond motifs is 1. The monoisotopic (exact) mass is 357 g/mol. The van der Waals surface area contributed by atoms with Gasteiger partial charge < -0.3 is 14.4 Å². The van der Waals surface area contributed by atoms with Crippen LogP contribution in [-0.2, 0) is 6.54 Å². The lowest BCUT2D eigenvalue weighted by atomic mass is 10.0. The van der Waals surface area contributed by atoms with Crippen LogP contribution in [0.3, 0.4) is 0 Å². The van der Waals surface area contributed by atoms with Crippen LogP contribution in [0.25, 0.3) is 16.8 Å². The Balaban J connectivity index is 1.57. The molecule has 0 atom stereocenters. The number of benzene rings is 2. The Hall–Kier alpha value is -3.60. The van der Waals surface area contributed by atoms with Crippen LogP contribution in [0.1, 0.15) is 16.1 Å². The zero-order valence-electron chi connectivity index (χ0n) is 14.9. The minimum atomic E-state index is -0.0542. The van der Waals surface area contributed by atoms with Crippen LogP contribution in [0.15, 0.2) is 79.1 Å². The number of imidazole rings is 1. The molecule has 5 nitrogen and oxygen atoms in total. The maximum atomic E-state index is 12.9. The number of amides is 1. The van der Waals surface area contributed by atoms with Gasteiger partial charge in [-0.05, 0) is 47.5 Å². The van der Waals surface area contributed by atoms with E-state index in [0.717, 1.165) is 22.5 Å². The summed E-state index contributed by atoms with van der Waals surface area (Å²) in [4.78, 5) is 19.0. The molecule has 5 heteroatoms. The Morgan fingerprint density at radius 1 is 1.04 bits per heavy atom. The number of rotatable bonds is 4. The molecule has 0 bridgehead atoms. The summed E-state index contributed by atoms with van der Waals surface area (Å²) in [6.07, 6.45) is 3.74. The van der Waals surface area contributed by atoms with E-state index in [1.807, 2.05) is 65.2 Å². The van der Waals surface area contributed by atoms with Gasteiger partial charge in [0.05, 0.1) is 18.4 Å². The predicted molar refractivity (Wildman–Crippen MR) is 105 cm³/mol. The third kappa shape index (κ3) is 3.40. The Kier molecular flexibility index (Phi) is 4.34. The van der Waals surface area contributed by atoms with Crippen LogP contribution in [0.2, 0.25) is 0 Å². The number of pyridine rings is 1. The Morgan fingerprint density at radius 3 is 2.67 bits per heavy atom. The predicted octanol–water partition coefficient (Wildman–Crippen LogP) is 3.98. The van der Waals surface area contributed by atoms with Crippen molar-refractivity contribution in [2.75, 3.05) is 7.05 Å². The second-order valence-electron chi connectivity index (χ2n) is 6.47. The van der Waals surface area contributed by atoms with Crippen molar-refractivity contribution in [3.63, 3.8) is 0 Å². The van der Waals surface area contributed by atoms with E-state index in [1.54, 1.807) is 30.3 Å². The first-order chi connectivity index (χ1) is 13.1. The first-order valence-electron chi connectivity index (χ1n) is 8.68. The third-order valence-electron chi connectivity index (χ3n) is 4.55. The molecule has 0 saturated carbocycles. The summed E-state index contributed by atoms with van der Waals surface area (Å²) >= 11 is 0. The standard InChI is InChI=1S/C22H19N3O2/c1-24(15-19-14-23-21-7-2-3-12-25(19)21)22(27)18-6-4-5-17(13-18)16-8-10-20(26)11-9-16/h2-14,26H,15H2,1H3. The quantitative estimate of drug-likeness (QED) is 0.601. The molecule has 4 rings (SSSR count). The van der Waals surface area contributed by atoms with Crippen molar-refractivity contribution >= 4 is 11.6 Å². The number of hydrogen-bond donors (Lipinski definition) is 1. The molecule has 0 aliphatic rings. The molecule has 0 aliphatic heterocycles. The zero-order chi connectivity index (χ0) is 18.8. The van der Waals surface area contributed by atoms with Gasteiger partial charge in [0.2, 0.25) is 0 Å². The number of aromatic hydroxyl groups is 1. The van der Waals surface area contributed by atoms with Crippen molar-refractivity contribution < 1.29 is 9.90 Å². The fraction of sp³-hybridized carbons (Fsp3) is 0.0909. The minimum absolute atomic E-state index is 0.0542. The molecule has 0 unspecified atom stereocenters. The van der Waals surface area contributed by atoms with Gasteiger partial charge in [0, 0.05) is 18.8 Å². The lowest BCUT2D eigenvalue weighted by molar-refractivity contribution is 0.0783. The third-order valence-corrected chi connectivity index (χ3v) is 4.55. The molecule has 27 heavy (non-hydrogen) atoms. The van der Waals surface area contributed by atoms with E-state index >= 15 is 0 Å². The second kappa shape index (κ2) is 6.96. The van der Waals surface area contributed by atoms with Gasteiger partial charge in [0.25, 0.3) is 5.91 Å². The molecule has 0 radical (unpaired) electrons. The number of carbonyl (C=O) groups excluding carboxylic acids is 1. The highest BCUT2D eigenvalue weighted by atomic mass is 16.3. The summed E-state index contributed by atoms with van der Waals surface area (Å²) in [6, 6.07) is 20.3. The molecule has 4 aromatic rings. The van der Waals surface area contributed by atoms with E-state index in [4.69, 9.17) is 0 Å². The van der Waals surface area contributed by atoms with Gasteiger partial charge in [-0.3, -0.25) is 4.79 Å². The summed E-state index contributed by atoms with van der Waals surface area (Å²) in [5.74, 6) is 0.167. The summed E-state index contributed by atoms with van der Waals surface area (Å²) < 4.78 is 1.98. The number of nitrogens with zero attached hydrogens (tertiary/aromatic N) is 3. The van der Waals surface area contributed by atoms with Crippen LogP contribution in [-0.4, -0.2) is 32.3 Å². The Bertz CT molecular complexity index is 1100. The normalized spacial score (nSPS) is 10.9. The molecular weight excluding hydrogens is 338 g/mol. The highest BCUT2D eigenvalue weighted by molar-refractivity contribution is 5.95. The highest BCUT2D eigenvalue weighted by Gasteiger charge is 2.15. The van der Waals surface area contributed by atoms with Crippen molar-refractivity contribution in [1.82, 2.24) is 14.3 Å². The molecule has 0 aliphatic carbocycles. The van der Waals surface area contributed by atoms with Crippen molar-refractivity contribution in [1.29, 1.82) is 0 Å². The lowest BCUT2D eigenvalue weighted by Crippen LogP contribution is -2.26. The van der Waals surface area contributed by atoms with E-state index in [2.05, 4.69) is 4.98 Å². The molecule has 134 valence electrons. The van der Waals surface area contributed by atoms with Gasteiger partial charge in [-0.25, -0.2) is 4.98 Å². The number of carbonyl (C=O) groups is 1. The Morgan fingerprint density at radius 2 is 1.85 bits per heavy atom. The van der Waals surface area contributed by atoms with Crippen molar-refractivity contribution in [3.05, 3.63) is 90.4 Å². The molecular formula is C22H19N3O2. The first-order valence-corrected chi connectivity index (χ1v) is 8.68. The average molecular weight is 357 g/mol. The molecule has 0 spiro atoms. The zero-order valence-corrected chi connectivity index (χ0v) is 14.9. The summed E-state index contributed by atoms with van der Waals surface area (Å²) in [7, 11) is 1.79. The maximum Gasteiger partial charge on any atom is 0.253 e. The van der Waals surface area contributed by atoms with Crippen molar-refractivity contribution in [2.24, 2.45) is 0 Å². The summed E-state index contributed by atoms with van der Waals surface area (Å²) in [5.41, 5.74) is 4.33. The molecule has 2 heterocycles. The molecule has 2 aromatic heterocycles. The van der Waals surface area contributed by atoms with Gasteiger partial charge in [-0.15, -0.1) is 0 Å². The van der Waals surface area contributed by atoms with E-state index in [-0.39, 0.29) is 11.7 Å². The van der Waals surface area contributed by atoms with Gasteiger partial charge in [0.1, 0.15) is 11.4 Å². The highest BCUT2D eigenvalue weighted by Crippen LogP contribution is 2.23. The van der Waals surface area contributed by atoms with E-state index in [1.165, 1.54) is 0 Å². The number of hydrogen-bond acceptors (Lipinski definition) is 3. The number of phenolic OH excluding ortho intramolecular Hbond substituents is 1. The fourth-order valence-corrected chi connectivity index (χ4v) is 3.12. The minimum Gasteiger partial charge on any atom is -0.508 e.